The lowest BCUT2D eigenvalue weighted by Crippen LogP contribution is -2.14. The maximum Gasteiger partial charge on any atom is 0.193 e. The first-order chi connectivity index (χ1) is 10.2. The fourth-order valence-corrected chi connectivity index (χ4v) is 2.74. The number of halogens is 1. The van der Waals surface area contributed by atoms with Crippen molar-refractivity contribution in [3.8, 4) is 5.75 Å². The molecule has 2 nitrogen and oxygen atoms in total. The number of rotatable bonds is 4. The van der Waals surface area contributed by atoms with Crippen molar-refractivity contribution < 1.29 is 13.9 Å². The average molecular weight is 284 g/mol. The van der Waals surface area contributed by atoms with Gasteiger partial charge < -0.3 is 4.74 Å². The monoisotopic (exact) mass is 284 g/mol. The first kappa shape index (κ1) is 13.8. The van der Waals surface area contributed by atoms with Crippen LogP contribution in [0.2, 0.25) is 0 Å². The van der Waals surface area contributed by atoms with Gasteiger partial charge >= 0.3 is 0 Å². The number of methoxy groups -OCH3 is 1. The molecule has 0 heterocycles. The maximum absolute atomic E-state index is 13.8. The Hall–Kier alpha value is -2.16. The van der Waals surface area contributed by atoms with E-state index < -0.39 is 5.82 Å². The van der Waals surface area contributed by atoms with Crippen molar-refractivity contribution in [1.29, 1.82) is 0 Å². The third kappa shape index (κ3) is 2.56. The molecule has 0 amide bonds. The van der Waals surface area contributed by atoms with E-state index in [1.165, 1.54) is 25.7 Å². The third-order valence-electron chi connectivity index (χ3n) is 4.16. The fraction of sp³-hybridized carbons (Fsp3) is 0.278. The normalized spacial score (nSPS) is 14.6. The predicted molar refractivity (Wildman–Crippen MR) is 79.4 cm³/mol. The Bertz CT molecular complexity index is 675. The minimum absolute atomic E-state index is 0.126. The van der Waals surface area contributed by atoms with Crippen LogP contribution in [0.5, 0.6) is 5.75 Å². The Labute approximate surface area is 123 Å². The highest BCUT2D eigenvalue weighted by molar-refractivity contribution is 6.10. The second-order valence-corrected chi connectivity index (χ2v) is 5.39. The van der Waals surface area contributed by atoms with E-state index >= 15 is 0 Å². The molecule has 0 aliphatic heterocycles. The number of ketones is 1. The SMILES string of the molecule is COc1ccc(C(=O)c2ccccc2C2CCC2)cc1F. The number of hydrogen-bond acceptors (Lipinski definition) is 2. The largest absolute Gasteiger partial charge is 0.494 e. The van der Waals surface area contributed by atoms with Crippen LogP contribution in [0.15, 0.2) is 42.5 Å². The average Bonchev–Trinajstić information content (AvgIpc) is 2.45. The molecular weight excluding hydrogens is 267 g/mol. The van der Waals surface area contributed by atoms with Gasteiger partial charge in [0.1, 0.15) is 0 Å². The van der Waals surface area contributed by atoms with E-state index in [1.807, 2.05) is 24.3 Å². The summed E-state index contributed by atoms with van der Waals surface area (Å²) in [5.41, 5.74) is 2.14. The highest BCUT2D eigenvalue weighted by atomic mass is 19.1. The summed E-state index contributed by atoms with van der Waals surface area (Å²) in [5.74, 6) is -0.0180. The molecule has 0 aromatic heterocycles. The van der Waals surface area contributed by atoms with Gasteiger partial charge in [-0.1, -0.05) is 30.7 Å². The maximum atomic E-state index is 13.8. The lowest BCUT2D eigenvalue weighted by Gasteiger charge is -2.27. The minimum Gasteiger partial charge on any atom is -0.494 e. The lowest BCUT2D eigenvalue weighted by molar-refractivity contribution is 0.103. The Balaban J connectivity index is 1.97. The molecule has 1 aliphatic carbocycles. The van der Waals surface area contributed by atoms with Gasteiger partial charge in [0.15, 0.2) is 17.3 Å². The molecule has 0 unspecified atom stereocenters. The van der Waals surface area contributed by atoms with Crippen LogP contribution in [0.1, 0.15) is 46.7 Å². The Kier molecular flexibility index (Phi) is 3.74. The zero-order valence-corrected chi connectivity index (χ0v) is 11.9. The standard InChI is InChI=1S/C18H17FO2/c1-21-17-10-9-13(11-16(17)19)18(20)15-8-3-2-7-14(15)12-5-4-6-12/h2-3,7-12H,4-6H2,1H3. The van der Waals surface area contributed by atoms with Gasteiger partial charge in [-0.25, -0.2) is 4.39 Å². The van der Waals surface area contributed by atoms with Crippen LogP contribution in [0.4, 0.5) is 4.39 Å². The summed E-state index contributed by atoms with van der Waals surface area (Å²) < 4.78 is 18.7. The first-order valence-corrected chi connectivity index (χ1v) is 7.18. The van der Waals surface area contributed by atoms with Crippen molar-refractivity contribution in [1.82, 2.24) is 0 Å². The van der Waals surface area contributed by atoms with Crippen molar-refractivity contribution in [2.24, 2.45) is 0 Å². The number of carbonyl (C=O) groups excluding carboxylic acids is 1. The van der Waals surface area contributed by atoms with Crippen molar-refractivity contribution in [2.75, 3.05) is 7.11 Å². The van der Waals surface area contributed by atoms with Crippen molar-refractivity contribution in [3.63, 3.8) is 0 Å². The molecule has 0 saturated heterocycles. The van der Waals surface area contributed by atoms with E-state index in [1.54, 1.807) is 6.07 Å². The molecule has 1 saturated carbocycles. The van der Waals surface area contributed by atoms with E-state index in [2.05, 4.69) is 0 Å². The fourth-order valence-electron chi connectivity index (χ4n) is 2.74. The highest BCUT2D eigenvalue weighted by Crippen LogP contribution is 2.38. The van der Waals surface area contributed by atoms with Gasteiger partial charge in [0.2, 0.25) is 0 Å². The van der Waals surface area contributed by atoms with Crippen LogP contribution in [-0.2, 0) is 0 Å². The molecule has 0 radical (unpaired) electrons. The number of carbonyl (C=O) groups is 1. The quantitative estimate of drug-likeness (QED) is 0.781. The molecule has 108 valence electrons. The van der Waals surface area contributed by atoms with Gasteiger partial charge in [-0.05, 0) is 42.5 Å². The molecule has 1 fully saturated rings. The highest BCUT2D eigenvalue weighted by Gasteiger charge is 2.24. The van der Waals surface area contributed by atoms with Crippen molar-refractivity contribution in [3.05, 3.63) is 65.0 Å². The molecule has 3 rings (SSSR count). The van der Waals surface area contributed by atoms with Gasteiger partial charge in [0, 0.05) is 11.1 Å². The van der Waals surface area contributed by atoms with Gasteiger partial charge in [-0.2, -0.15) is 0 Å². The predicted octanol–water partition coefficient (Wildman–Crippen LogP) is 4.33. The van der Waals surface area contributed by atoms with Crippen LogP contribution >= 0.6 is 0 Å². The molecule has 21 heavy (non-hydrogen) atoms. The summed E-state index contributed by atoms with van der Waals surface area (Å²) in [7, 11) is 1.41. The van der Waals surface area contributed by atoms with Gasteiger partial charge in [0.05, 0.1) is 7.11 Å². The molecule has 3 heteroatoms. The summed E-state index contributed by atoms with van der Waals surface area (Å²) in [6.45, 7) is 0. The van der Waals surface area contributed by atoms with E-state index in [9.17, 15) is 9.18 Å². The molecule has 1 aliphatic rings. The summed E-state index contributed by atoms with van der Waals surface area (Å²) in [4.78, 5) is 12.7. The smallest absolute Gasteiger partial charge is 0.193 e. The van der Waals surface area contributed by atoms with Crippen molar-refractivity contribution >= 4 is 5.78 Å². The second-order valence-electron chi connectivity index (χ2n) is 5.39. The van der Waals surface area contributed by atoms with Crippen LogP contribution in [0.25, 0.3) is 0 Å². The third-order valence-corrected chi connectivity index (χ3v) is 4.16. The van der Waals surface area contributed by atoms with E-state index in [0.29, 0.717) is 17.0 Å². The van der Waals surface area contributed by atoms with Crippen LogP contribution < -0.4 is 4.74 Å². The Morgan fingerprint density at radius 1 is 1.19 bits per heavy atom. The zero-order valence-electron chi connectivity index (χ0n) is 11.9. The van der Waals surface area contributed by atoms with Gasteiger partial charge in [0.25, 0.3) is 0 Å². The second kappa shape index (κ2) is 5.68. The first-order valence-electron chi connectivity index (χ1n) is 7.18. The molecule has 0 bridgehead atoms. The summed E-state index contributed by atoms with van der Waals surface area (Å²) >= 11 is 0. The Morgan fingerprint density at radius 2 is 1.95 bits per heavy atom. The van der Waals surface area contributed by atoms with E-state index in [-0.39, 0.29) is 11.5 Å². The van der Waals surface area contributed by atoms with Gasteiger partial charge in [-0.15, -0.1) is 0 Å². The molecule has 0 atom stereocenters. The number of benzene rings is 2. The summed E-state index contributed by atoms with van der Waals surface area (Å²) in [6, 6.07) is 12.0. The minimum atomic E-state index is -0.510. The van der Waals surface area contributed by atoms with Crippen LogP contribution in [0.3, 0.4) is 0 Å². The molecule has 2 aromatic rings. The van der Waals surface area contributed by atoms with E-state index in [0.717, 1.165) is 18.4 Å². The molecular formula is C18H17FO2. The molecule has 0 N–H and O–H groups in total. The molecule has 2 aromatic carbocycles. The molecule has 0 spiro atoms. The van der Waals surface area contributed by atoms with Crippen LogP contribution in [0, 0.1) is 5.82 Å². The zero-order chi connectivity index (χ0) is 14.8. The van der Waals surface area contributed by atoms with Crippen molar-refractivity contribution in [2.45, 2.75) is 25.2 Å². The lowest BCUT2D eigenvalue weighted by atomic mass is 9.77. The topological polar surface area (TPSA) is 26.3 Å². The van der Waals surface area contributed by atoms with E-state index in [4.69, 9.17) is 4.74 Å². The summed E-state index contributed by atoms with van der Waals surface area (Å²) in [6.07, 6.45) is 3.47. The Morgan fingerprint density at radius 3 is 2.57 bits per heavy atom. The van der Waals surface area contributed by atoms with Crippen LogP contribution in [-0.4, -0.2) is 12.9 Å². The number of hydrogen-bond donors (Lipinski definition) is 0. The summed E-state index contributed by atoms with van der Waals surface area (Å²) in [5, 5.41) is 0. The van der Waals surface area contributed by atoms with Gasteiger partial charge in [-0.3, -0.25) is 4.79 Å². The number of ether oxygens (including phenoxy) is 1.